The summed E-state index contributed by atoms with van der Waals surface area (Å²) < 4.78 is 0. The predicted octanol–water partition coefficient (Wildman–Crippen LogP) is 2.16. The van der Waals surface area contributed by atoms with Crippen LogP contribution < -0.4 is 5.32 Å². The van der Waals surface area contributed by atoms with Crippen molar-refractivity contribution < 1.29 is 9.90 Å². The molecule has 1 aromatic heterocycles. The van der Waals surface area contributed by atoms with Crippen molar-refractivity contribution in [2.75, 3.05) is 5.32 Å². The van der Waals surface area contributed by atoms with Gasteiger partial charge in [0, 0.05) is 12.6 Å². The standard InChI is InChI=1S/C12H16N2O2/c1-8(9-4-5-9)7-11(16)14-12-10(15)3-2-6-13-12/h2-3,6,8-9,15H,4-5,7H2,1H3,(H,13,14,16)/t8-/m0/s1. The number of rotatable bonds is 4. The molecule has 4 nitrogen and oxygen atoms in total. The van der Waals surface area contributed by atoms with Gasteiger partial charge in [0.25, 0.3) is 0 Å². The van der Waals surface area contributed by atoms with Gasteiger partial charge in [-0.25, -0.2) is 4.98 Å². The van der Waals surface area contributed by atoms with Crippen LogP contribution in [0.15, 0.2) is 18.3 Å². The fraction of sp³-hybridized carbons (Fsp3) is 0.500. The first-order valence-electron chi connectivity index (χ1n) is 5.60. The number of anilines is 1. The summed E-state index contributed by atoms with van der Waals surface area (Å²) in [6, 6.07) is 3.13. The summed E-state index contributed by atoms with van der Waals surface area (Å²) in [5.41, 5.74) is 0. The molecule has 0 bridgehead atoms. The summed E-state index contributed by atoms with van der Waals surface area (Å²) in [7, 11) is 0. The van der Waals surface area contributed by atoms with Gasteiger partial charge in [0.15, 0.2) is 11.6 Å². The fourth-order valence-corrected chi connectivity index (χ4v) is 1.80. The van der Waals surface area contributed by atoms with E-state index in [1.165, 1.54) is 18.9 Å². The molecule has 1 aliphatic carbocycles. The minimum atomic E-state index is -0.0756. The van der Waals surface area contributed by atoms with Gasteiger partial charge in [0.2, 0.25) is 5.91 Å². The highest BCUT2D eigenvalue weighted by Crippen LogP contribution is 2.38. The van der Waals surface area contributed by atoms with E-state index in [2.05, 4.69) is 17.2 Å². The summed E-state index contributed by atoms with van der Waals surface area (Å²) in [4.78, 5) is 15.5. The van der Waals surface area contributed by atoms with Gasteiger partial charge >= 0.3 is 0 Å². The molecule has 0 aliphatic heterocycles. The first-order chi connectivity index (χ1) is 7.66. The van der Waals surface area contributed by atoms with Crippen LogP contribution >= 0.6 is 0 Å². The Morgan fingerprint density at radius 2 is 2.44 bits per heavy atom. The van der Waals surface area contributed by atoms with Crippen molar-refractivity contribution in [1.82, 2.24) is 4.98 Å². The maximum absolute atomic E-state index is 11.6. The molecule has 0 spiro atoms. The number of aromatic nitrogens is 1. The van der Waals surface area contributed by atoms with E-state index >= 15 is 0 Å². The fourth-order valence-electron chi connectivity index (χ4n) is 1.80. The molecule has 1 heterocycles. The number of carbonyl (C=O) groups is 1. The second-order valence-electron chi connectivity index (χ2n) is 4.44. The van der Waals surface area contributed by atoms with Crippen molar-refractivity contribution in [2.45, 2.75) is 26.2 Å². The van der Waals surface area contributed by atoms with Gasteiger partial charge in [-0.05, 0) is 36.8 Å². The summed E-state index contributed by atoms with van der Waals surface area (Å²) in [5, 5.41) is 12.1. The summed E-state index contributed by atoms with van der Waals surface area (Å²) in [6.45, 7) is 2.09. The van der Waals surface area contributed by atoms with Gasteiger partial charge in [0.1, 0.15) is 0 Å². The van der Waals surface area contributed by atoms with Gasteiger partial charge in [-0.1, -0.05) is 6.92 Å². The van der Waals surface area contributed by atoms with E-state index < -0.39 is 0 Å². The highest BCUT2D eigenvalue weighted by Gasteiger charge is 2.29. The molecular weight excluding hydrogens is 204 g/mol. The third-order valence-corrected chi connectivity index (χ3v) is 2.98. The Labute approximate surface area is 94.7 Å². The van der Waals surface area contributed by atoms with Gasteiger partial charge in [-0.3, -0.25) is 4.79 Å². The lowest BCUT2D eigenvalue weighted by Crippen LogP contribution is -2.16. The maximum atomic E-state index is 11.6. The number of nitrogens with zero attached hydrogens (tertiary/aromatic N) is 1. The molecule has 16 heavy (non-hydrogen) atoms. The maximum Gasteiger partial charge on any atom is 0.225 e. The topological polar surface area (TPSA) is 62.2 Å². The summed E-state index contributed by atoms with van der Waals surface area (Å²) >= 11 is 0. The van der Waals surface area contributed by atoms with Crippen molar-refractivity contribution in [1.29, 1.82) is 0 Å². The second kappa shape index (κ2) is 4.51. The number of nitrogens with one attached hydrogen (secondary N) is 1. The Hall–Kier alpha value is -1.58. The lowest BCUT2D eigenvalue weighted by atomic mass is 10.0. The minimum absolute atomic E-state index is 0.00919. The van der Waals surface area contributed by atoms with E-state index in [-0.39, 0.29) is 17.5 Å². The zero-order chi connectivity index (χ0) is 11.5. The number of hydrogen-bond donors (Lipinski definition) is 2. The van der Waals surface area contributed by atoms with E-state index in [1.54, 1.807) is 12.3 Å². The normalized spacial score (nSPS) is 16.8. The molecule has 2 rings (SSSR count). The Kier molecular flexibility index (Phi) is 3.08. The Morgan fingerprint density at radius 1 is 1.69 bits per heavy atom. The van der Waals surface area contributed by atoms with Crippen molar-refractivity contribution >= 4 is 11.7 Å². The smallest absolute Gasteiger partial charge is 0.225 e. The Balaban J connectivity index is 1.89. The molecule has 1 saturated carbocycles. The molecule has 1 aromatic rings. The molecule has 0 saturated heterocycles. The average molecular weight is 220 g/mol. The summed E-state index contributed by atoms with van der Waals surface area (Å²) in [6.07, 6.45) is 4.52. The van der Waals surface area contributed by atoms with E-state index in [4.69, 9.17) is 0 Å². The van der Waals surface area contributed by atoms with Gasteiger partial charge in [0.05, 0.1) is 0 Å². The molecule has 1 amide bonds. The molecule has 4 heteroatoms. The zero-order valence-corrected chi connectivity index (χ0v) is 9.31. The Bertz CT molecular complexity index is 388. The highest BCUT2D eigenvalue weighted by molar-refractivity contribution is 5.91. The molecule has 86 valence electrons. The molecule has 0 unspecified atom stereocenters. The van der Waals surface area contributed by atoms with Crippen molar-refractivity contribution in [3.05, 3.63) is 18.3 Å². The van der Waals surface area contributed by atoms with E-state index in [1.807, 2.05) is 0 Å². The second-order valence-corrected chi connectivity index (χ2v) is 4.44. The first-order valence-corrected chi connectivity index (χ1v) is 5.60. The van der Waals surface area contributed by atoms with Crippen LogP contribution in [-0.2, 0) is 4.79 Å². The van der Waals surface area contributed by atoms with Gasteiger partial charge < -0.3 is 10.4 Å². The molecule has 1 atom stereocenters. The van der Waals surface area contributed by atoms with Crippen LogP contribution in [0, 0.1) is 11.8 Å². The van der Waals surface area contributed by atoms with E-state index in [0.717, 1.165) is 0 Å². The third-order valence-electron chi connectivity index (χ3n) is 2.98. The highest BCUT2D eigenvalue weighted by atomic mass is 16.3. The van der Waals surface area contributed by atoms with Gasteiger partial charge in [-0.15, -0.1) is 0 Å². The van der Waals surface area contributed by atoms with Crippen LogP contribution in [0.1, 0.15) is 26.2 Å². The zero-order valence-electron chi connectivity index (χ0n) is 9.31. The number of pyridine rings is 1. The molecule has 1 fully saturated rings. The van der Waals surface area contributed by atoms with Crippen LogP contribution in [0.25, 0.3) is 0 Å². The average Bonchev–Trinajstić information content (AvgIpc) is 3.04. The minimum Gasteiger partial charge on any atom is -0.504 e. The van der Waals surface area contributed by atoms with E-state index in [0.29, 0.717) is 18.3 Å². The third kappa shape index (κ3) is 2.72. The summed E-state index contributed by atoms with van der Waals surface area (Å²) in [5.74, 6) is 1.31. The van der Waals surface area contributed by atoms with Crippen molar-refractivity contribution in [2.24, 2.45) is 11.8 Å². The number of amides is 1. The van der Waals surface area contributed by atoms with Crippen LogP contribution in [0.2, 0.25) is 0 Å². The van der Waals surface area contributed by atoms with Gasteiger partial charge in [-0.2, -0.15) is 0 Å². The number of carbonyl (C=O) groups excluding carboxylic acids is 1. The van der Waals surface area contributed by atoms with Crippen LogP contribution in [-0.4, -0.2) is 16.0 Å². The quantitative estimate of drug-likeness (QED) is 0.817. The molecule has 1 aliphatic rings. The number of hydrogen-bond acceptors (Lipinski definition) is 3. The largest absolute Gasteiger partial charge is 0.504 e. The first kappa shape index (κ1) is 10.9. The van der Waals surface area contributed by atoms with Crippen molar-refractivity contribution in [3.63, 3.8) is 0 Å². The SMILES string of the molecule is C[C@@H](CC(=O)Nc1ncccc1O)C1CC1. The molecule has 0 radical (unpaired) electrons. The monoisotopic (exact) mass is 220 g/mol. The van der Waals surface area contributed by atoms with Crippen LogP contribution in [0.3, 0.4) is 0 Å². The van der Waals surface area contributed by atoms with Crippen LogP contribution in [0.4, 0.5) is 5.82 Å². The Morgan fingerprint density at radius 3 is 3.06 bits per heavy atom. The molecular formula is C12H16N2O2. The lowest BCUT2D eigenvalue weighted by molar-refractivity contribution is -0.117. The van der Waals surface area contributed by atoms with E-state index in [9.17, 15) is 9.90 Å². The number of aromatic hydroxyl groups is 1. The molecule has 2 N–H and O–H groups in total. The lowest BCUT2D eigenvalue weighted by Gasteiger charge is -2.10. The van der Waals surface area contributed by atoms with Crippen molar-refractivity contribution in [3.8, 4) is 5.75 Å². The van der Waals surface area contributed by atoms with Crippen LogP contribution in [0.5, 0.6) is 5.75 Å². The predicted molar refractivity (Wildman–Crippen MR) is 61.0 cm³/mol. The molecule has 0 aromatic carbocycles.